The minimum absolute atomic E-state index is 0.0632. The summed E-state index contributed by atoms with van der Waals surface area (Å²) in [7, 11) is 6.07. The van der Waals surface area contributed by atoms with Gasteiger partial charge in [-0.25, -0.2) is 0 Å². The molecule has 214 valence electrons. The number of esters is 1. The molecule has 41 heavy (non-hydrogen) atoms. The second-order valence-electron chi connectivity index (χ2n) is 9.30. The summed E-state index contributed by atoms with van der Waals surface area (Å²) in [5.41, 5.74) is 5.71. The number of carbonyl (C=O) groups excluding carboxylic acids is 2. The van der Waals surface area contributed by atoms with E-state index in [0.717, 1.165) is 16.8 Å². The van der Waals surface area contributed by atoms with Gasteiger partial charge in [-0.2, -0.15) is 9.78 Å². The molecule has 0 spiro atoms. The van der Waals surface area contributed by atoms with Gasteiger partial charge in [-0.1, -0.05) is 24.3 Å². The quantitative estimate of drug-likeness (QED) is 0.259. The molecule has 10 heteroatoms. The zero-order chi connectivity index (χ0) is 29.7. The summed E-state index contributed by atoms with van der Waals surface area (Å²) < 4.78 is 29.1. The maximum atomic E-state index is 12.4. The molecule has 0 fully saturated rings. The van der Waals surface area contributed by atoms with Crippen LogP contribution in [0.5, 0.6) is 23.1 Å². The smallest absolute Gasteiger partial charge is 0.309 e. The van der Waals surface area contributed by atoms with Crippen LogP contribution in [0.25, 0.3) is 28.1 Å². The van der Waals surface area contributed by atoms with Crippen molar-refractivity contribution in [3.8, 4) is 51.2 Å². The highest BCUT2D eigenvalue weighted by Gasteiger charge is 2.27. The number of benzene rings is 3. The van der Waals surface area contributed by atoms with Gasteiger partial charge in [0.05, 0.1) is 32.6 Å². The van der Waals surface area contributed by atoms with Crippen molar-refractivity contribution in [2.75, 3.05) is 40.4 Å². The summed E-state index contributed by atoms with van der Waals surface area (Å²) in [5.74, 6) is 0.787. The maximum absolute atomic E-state index is 12.4. The molecule has 4 aromatic rings. The van der Waals surface area contributed by atoms with Crippen molar-refractivity contribution in [1.29, 1.82) is 0 Å². The van der Waals surface area contributed by atoms with Gasteiger partial charge in [-0.3, -0.25) is 9.59 Å². The van der Waals surface area contributed by atoms with E-state index in [-0.39, 0.29) is 18.4 Å². The number of methoxy groups -OCH3 is 4. The average Bonchev–Trinajstić information content (AvgIpc) is 3.32. The fourth-order valence-electron chi connectivity index (χ4n) is 4.47. The Morgan fingerprint density at radius 1 is 0.854 bits per heavy atom. The molecule has 0 aliphatic rings. The highest BCUT2D eigenvalue weighted by molar-refractivity contribution is 5.93. The summed E-state index contributed by atoms with van der Waals surface area (Å²) in [6.07, 6.45) is 0. The normalized spacial score (nSPS) is 10.7. The molecule has 3 aromatic carbocycles. The number of nitrogens with zero attached hydrogens (tertiary/aromatic N) is 2. The Bertz CT molecular complexity index is 1550. The Labute approximate surface area is 238 Å². The van der Waals surface area contributed by atoms with Gasteiger partial charge in [0, 0.05) is 25.3 Å². The van der Waals surface area contributed by atoms with Gasteiger partial charge in [0.15, 0.2) is 11.5 Å². The second-order valence-corrected chi connectivity index (χ2v) is 9.30. The fourth-order valence-corrected chi connectivity index (χ4v) is 4.47. The first-order valence-electron chi connectivity index (χ1n) is 12.8. The summed E-state index contributed by atoms with van der Waals surface area (Å²) in [6, 6.07) is 16.7. The molecule has 0 atom stereocenters. The monoisotopic (exact) mass is 559 g/mol. The average molecular weight is 560 g/mol. The molecule has 4 rings (SSSR count). The summed E-state index contributed by atoms with van der Waals surface area (Å²) in [6.45, 7) is 5.23. The first kappa shape index (κ1) is 29.2. The van der Waals surface area contributed by atoms with E-state index in [1.165, 1.54) is 35.4 Å². The lowest BCUT2D eigenvalue weighted by Crippen LogP contribution is -2.16. The van der Waals surface area contributed by atoms with Gasteiger partial charge in [-0.15, -0.1) is 0 Å². The SMILES string of the molecule is COCC(=O)Nc1ccc(-c2c(-c3cc(OC)c(OC)c(OC)c3)nn(-c3cc(C)ccc3C)c2OC(C)=O)cc1. The number of carbonyl (C=O) groups is 2. The van der Waals surface area contributed by atoms with Crippen LogP contribution < -0.4 is 24.3 Å². The van der Waals surface area contributed by atoms with E-state index in [0.29, 0.717) is 45.3 Å². The van der Waals surface area contributed by atoms with Crippen molar-refractivity contribution in [3.05, 3.63) is 65.7 Å². The predicted octanol–water partition coefficient (Wildman–Crippen LogP) is 5.36. The van der Waals surface area contributed by atoms with Crippen LogP contribution in [0.4, 0.5) is 5.69 Å². The summed E-state index contributed by atoms with van der Waals surface area (Å²) >= 11 is 0. The van der Waals surface area contributed by atoms with Crippen molar-refractivity contribution < 1.29 is 33.3 Å². The van der Waals surface area contributed by atoms with E-state index in [2.05, 4.69) is 5.32 Å². The van der Waals surface area contributed by atoms with E-state index < -0.39 is 5.97 Å². The molecular formula is C31H33N3O7. The van der Waals surface area contributed by atoms with Gasteiger partial charge in [0.1, 0.15) is 12.3 Å². The van der Waals surface area contributed by atoms with Crippen molar-refractivity contribution in [1.82, 2.24) is 9.78 Å². The molecule has 1 amide bonds. The lowest BCUT2D eigenvalue weighted by Gasteiger charge is -2.14. The van der Waals surface area contributed by atoms with Gasteiger partial charge in [0.2, 0.25) is 17.5 Å². The molecule has 0 saturated carbocycles. The molecule has 1 heterocycles. The van der Waals surface area contributed by atoms with Crippen molar-refractivity contribution in [2.24, 2.45) is 0 Å². The third kappa shape index (κ3) is 6.17. The molecule has 1 aromatic heterocycles. The number of hydrogen-bond acceptors (Lipinski definition) is 8. The highest BCUT2D eigenvalue weighted by Crippen LogP contribution is 2.46. The molecule has 0 radical (unpaired) electrons. The number of hydrogen-bond donors (Lipinski definition) is 1. The summed E-state index contributed by atoms with van der Waals surface area (Å²) in [4.78, 5) is 24.5. The second kappa shape index (κ2) is 12.6. The number of amides is 1. The van der Waals surface area contributed by atoms with E-state index in [1.54, 1.807) is 28.9 Å². The molecule has 0 aliphatic heterocycles. The van der Waals surface area contributed by atoms with E-state index in [9.17, 15) is 9.59 Å². The Hall–Kier alpha value is -4.83. The van der Waals surface area contributed by atoms with Crippen molar-refractivity contribution in [3.63, 3.8) is 0 Å². The van der Waals surface area contributed by atoms with Gasteiger partial charge in [0.25, 0.3) is 0 Å². The van der Waals surface area contributed by atoms with Crippen LogP contribution in [0.3, 0.4) is 0 Å². The van der Waals surface area contributed by atoms with Gasteiger partial charge < -0.3 is 29.0 Å². The number of ether oxygens (including phenoxy) is 5. The third-order valence-corrected chi connectivity index (χ3v) is 6.35. The van der Waals surface area contributed by atoms with Crippen LogP contribution in [-0.4, -0.2) is 56.7 Å². The Morgan fingerprint density at radius 2 is 1.51 bits per heavy atom. The zero-order valence-electron chi connectivity index (χ0n) is 24.2. The number of rotatable bonds is 10. The molecule has 10 nitrogen and oxygen atoms in total. The van der Waals surface area contributed by atoms with Crippen LogP contribution in [0.1, 0.15) is 18.1 Å². The predicted molar refractivity (Wildman–Crippen MR) is 155 cm³/mol. The topological polar surface area (TPSA) is 110 Å². The first-order chi connectivity index (χ1) is 19.7. The largest absolute Gasteiger partial charge is 0.493 e. The molecule has 0 bridgehead atoms. The molecular weight excluding hydrogens is 526 g/mol. The third-order valence-electron chi connectivity index (χ3n) is 6.35. The fraction of sp³-hybridized carbons (Fsp3) is 0.258. The lowest BCUT2D eigenvalue weighted by molar-refractivity contribution is -0.132. The van der Waals surface area contributed by atoms with Crippen LogP contribution in [-0.2, 0) is 14.3 Å². The standard InChI is InChI=1S/C31H33N3O7/c1-18-8-9-19(2)24(14-18)34-31(41-20(3)35)28(21-10-12-23(13-11-21)32-27(36)17-37-4)29(33-34)22-15-25(38-5)30(40-7)26(16-22)39-6/h8-16H,17H2,1-7H3,(H,32,36). The molecule has 0 saturated heterocycles. The van der Waals surface area contributed by atoms with Crippen LogP contribution in [0.2, 0.25) is 0 Å². The van der Waals surface area contributed by atoms with E-state index in [4.69, 9.17) is 28.8 Å². The van der Waals surface area contributed by atoms with E-state index in [1.807, 2.05) is 44.2 Å². The van der Waals surface area contributed by atoms with Crippen LogP contribution in [0, 0.1) is 13.8 Å². The zero-order valence-corrected chi connectivity index (χ0v) is 24.2. The highest BCUT2D eigenvalue weighted by atomic mass is 16.5. The number of aromatic nitrogens is 2. The van der Waals surface area contributed by atoms with Crippen LogP contribution >= 0.6 is 0 Å². The Morgan fingerprint density at radius 3 is 2.07 bits per heavy atom. The molecule has 0 aliphatic carbocycles. The van der Waals surface area contributed by atoms with Crippen molar-refractivity contribution >= 4 is 17.6 Å². The van der Waals surface area contributed by atoms with Crippen LogP contribution in [0.15, 0.2) is 54.6 Å². The molecule has 0 unspecified atom stereocenters. The Balaban J connectivity index is 2.02. The number of nitrogens with one attached hydrogen (secondary N) is 1. The minimum atomic E-state index is -0.502. The Kier molecular flexibility index (Phi) is 8.94. The first-order valence-corrected chi connectivity index (χ1v) is 12.8. The summed E-state index contributed by atoms with van der Waals surface area (Å²) in [5, 5.41) is 7.77. The lowest BCUT2D eigenvalue weighted by atomic mass is 10.00. The van der Waals surface area contributed by atoms with E-state index >= 15 is 0 Å². The van der Waals surface area contributed by atoms with Crippen molar-refractivity contribution in [2.45, 2.75) is 20.8 Å². The molecule has 1 N–H and O–H groups in total. The minimum Gasteiger partial charge on any atom is -0.493 e. The maximum Gasteiger partial charge on any atom is 0.309 e. The number of anilines is 1. The van der Waals surface area contributed by atoms with Gasteiger partial charge in [-0.05, 0) is 60.9 Å². The number of aryl methyl sites for hydroxylation is 2. The van der Waals surface area contributed by atoms with Gasteiger partial charge >= 0.3 is 5.97 Å².